The SMILES string of the molecule is O=C(Nc1ccccc1N1CCOCC1)c1ccc(NS(=O)(=O)c2ccc(Cl)c([N+](=O)[O-])c2)cc1. The molecule has 1 aliphatic heterocycles. The number of nitro groups is 1. The highest BCUT2D eigenvalue weighted by Gasteiger charge is 2.21. The number of nitrogens with one attached hydrogen (secondary N) is 2. The molecule has 0 saturated carbocycles. The van der Waals surface area contributed by atoms with Crippen molar-refractivity contribution in [1.29, 1.82) is 0 Å². The van der Waals surface area contributed by atoms with Gasteiger partial charge in [0, 0.05) is 30.4 Å². The van der Waals surface area contributed by atoms with Crippen molar-refractivity contribution in [3.63, 3.8) is 0 Å². The predicted octanol–water partition coefficient (Wildman–Crippen LogP) is 4.14. The Kier molecular flexibility index (Phi) is 7.20. The molecular weight excluding hydrogens is 496 g/mol. The van der Waals surface area contributed by atoms with Gasteiger partial charge in [0.1, 0.15) is 5.02 Å². The topological polar surface area (TPSA) is 131 Å². The summed E-state index contributed by atoms with van der Waals surface area (Å²) in [6.45, 7) is 2.67. The van der Waals surface area contributed by atoms with E-state index in [2.05, 4.69) is 14.9 Å². The summed E-state index contributed by atoms with van der Waals surface area (Å²) in [6, 6.07) is 16.5. The molecule has 3 aromatic carbocycles. The number of hydrogen-bond acceptors (Lipinski definition) is 7. The second-order valence-electron chi connectivity index (χ2n) is 7.62. The van der Waals surface area contributed by atoms with Crippen LogP contribution >= 0.6 is 11.6 Å². The van der Waals surface area contributed by atoms with Crippen LogP contribution in [0.2, 0.25) is 5.02 Å². The Labute approximate surface area is 206 Å². The highest BCUT2D eigenvalue weighted by atomic mass is 35.5. The first-order valence-electron chi connectivity index (χ1n) is 10.5. The molecule has 1 heterocycles. The van der Waals surface area contributed by atoms with Crippen LogP contribution in [0.1, 0.15) is 10.4 Å². The summed E-state index contributed by atoms with van der Waals surface area (Å²) in [7, 11) is -4.12. The number of hydrogen-bond donors (Lipinski definition) is 2. The number of nitrogens with zero attached hydrogens (tertiary/aromatic N) is 2. The van der Waals surface area contributed by atoms with Crippen LogP contribution in [0.4, 0.5) is 22.7 Å². The van der Waals surface area contributed by atoms with E-state index >= 15 is 0 Å². The fourth-order valence-corrected chi connectivity index (χ4v) is 4.82. The maximum atomic E-state index is 12.8. The van der Waals surface area contributed by atoms with E-state index in [1.807, 2.05) is 24.3 Å². The molecule has 0 aromatic heterocycles. The lowest BCUT2D eigenvalue weighted by Gasteiger charge is -2.30. The van der Waals surface area contributed by atoms with E-state index in [9.17, 15) is 23.3 Å². The number of para-hydroxylation sites is 2. The number of ether oxygens (including phenoxy) is 1. The van der Waals surface area contributed by atoms with Crippen molar-refractivity contribution in [2.45, 2.75) is 4.90 Å². The summed E-state index contributed by atoms with van der Waals surface area (Å²) in [5.41, 5.74) is 1.55. The number of rotatable bonds is 7. The summed E-state index contributed by atoms with van der Waals surface area (Å²) in [6.07, 6.45) is 0. The van der Waals surface area contributed by atoms with Crippen molar-refractivity contribution in [1.82, 2.24) is 0 Å². The second-order valence-corrected chi connectivity index (χ2v) is 9.71. The van der Waals surface area contributed by atoms with Gasteiger partial charge in [0.2, 0.25) is 0 Å². The lowest BCUT2D eigenvalue weighted by molar-refractivity contribution is -0.384. The first kappa shape index (κ1) is 24.5. The minimum atomic E-state index is -4.12. The van der Waals surface area contributed by atoms with E-state index in [0.29, 0.717) is 24.5 Å². The van der Waals surface area contributed by atoms with Gasteiger partial charge in [0.25, 0.3) is 21.6 Å². The average Bonchev–Trinajstić information content (AvgIpc) is 2.85. The van der Waals surface area contributed by atoms with E-state index in [-0.39, 0.29) is 21.5 Å². The summed E-state index contributed by atoms with van der Waals surface area (Å²) in [5, 5.41) is 13.8. The number of halogens is 1. The van der Waals surface area contributed by atoms with Gasteiger partial charge in [-0.3, -0.25) is 19.6 Å². The van der Waals surface area contributed by atoms with Crippen LogP contribution in [0.15, 0.2) is 71.6 Å². The summed E-state index contributed by atoms with van der Waals surface area (Å²) in [4.78, 5) is 25.0. The largest absolute Gasteiger partial charge is 0.378 e. The zero-order valence-electron chi connectivity index (χ0n) is 18.3. The standard InChI is InChI=1S/C23H21ClN4O6S/c24-19-10-9-18(15-22(19)28(30)31)35(32,33)26-17-7-5-16(6-8-17)23(29)25-20-3-1-2-4-21(20)27-11-13-34-14-12-27/h1-10,15,26H,11-14H2,(H,25,29). The molecule has 182 valence electrons. The Morgan fingerprint density at radius 2 is 1.71 bits per heavy atom. The fraction of sp³-hybridized carbons (Fsp3) is 0.174. The molecule has 0 unspecified atom stereocenters. The molecule has 0 radical (unpaired) electrons. The van der Waals surface area contributed by atoms with Crippen molar-refractivity contribution >= 4 is 50.3 Å². The van der Waals surface area contributed by atoms with Crippen LogP contribution in [-0.4, -0.2) is 45.6 Å². The monoisotopic (exact) mass is 516 g/mol. The van der Waals surface area contributed by atoms with Crippen molar-refractivity contribution in [3.05, 3.63) is 87.4 Å². The Morgan fingerprint density at radius 3 is 2.40 bits per heavy atom. The summed E-state index contributed by atoms with van der Waals surface area (Å²) < 4.78 is 33.1. The molecule has 1 fully saturated rings. The molecule has 3 aromatic rings. The van der Waals surface area contributed by atoms with Crippen LogP contribution in [-0.2, 0) is 14.8 Å². The number of anilines is 3. The third-order valence-electron chi connectivity index (χ3n) is 5.33. The van der Waals surface area contributed by atoms with Gasteiger partial charge in [0.05, 0.1) is 34.4 Å². The molecule has 10 nitrogen and oxygen atoms in total. The molecule has 0 bridgehead atoms. The van der Waals surface area contributed by atoms with Crippen LogP contribution in [0.25, 0.3) is 0 Å². The van der Waals surface area contributed by atoms with E-state index in [1.165, 1.54) is 30.3 Å². The maximum Gasteiger partial charge on any atom is 0.289 e. The smallest absolute Gasteiger partial charge is 0.289 e. The number of carbonyl (C=O) groups is 1. The molecule has 2 N–H and O–H groups in total. The van der Waals surface area contributed by atoms with Crippen LogP contribution < -0.4 is 14.9 Å². The number of morpholine rings is 1. The number of amides is 1. The van der Waals surface area contributed by atoms with Gasteiger partial charge >= 0.3 is 0 Å². The lowest BCUT2D eigenvalue weighted by Crippen LogP contribution is -2.36. The average molecular weight is 517 g/mol. The van der Waals surface area contributed by atoms with Gasteiger partial charge in [-0.25, -0.2) is 8.42 Å². The Morgan fingerprint density at radius 1 is 1.03 bits per heavy atom. The van der Waals surface area contributed by atoms with Gasteiger partial charge in [-0.1, -0.05) is 23.7 Å². The molecule has 0 atom stereocenters. The van der Waals surface area contributed by atoms with Crippen molar-refractivity contribution in [3.8, 4) is 0 Å². The van der Waals surface area contributed by atoms with Gasteiger partial charge < -0.3 is 15.0 Å². The minimum absolute atomic E-state index is 0.167. The predicted molar refractivity (Wildman–Crippen MR) is 133 cm³/mol. The van der Waals surface area contributed by atoms with E-state index < -0.39 is 20.6 Å². The molecular formula is C23H21ClN4O6S. The zero-order valence-corrected chi connectivity index (χ0v) is 19.9. The molecule has 1 aliphatic rings. The summed E-state index contributed by atoms with van der Waals surface area (Å²) >= 11 is 5.76. The maximum absolute atomic E-state index is 12.8. The van der Waals surface area contributed by atoms with Crippen LogP contribution in [0, 0.1) is 10.1 Å². The van der Waals surface area contributed by atoms with Crippen molar-refractivity contribution in [2.24, 2.45) is 0 Å². The fourth-order valence-electron chi connectivity index (χ4n) is 3.56. The highest BCUT2D eigenvalue weighted by Crippen LogP contribution is 2.29. The van der Waals surface area contributed by atoms with Crippen LogP contribution in [0.3, 0.4) is 0 Å². The zero-order chi connectivity index (χ0) is 25.0. The van der Waals surface area contributed by atoms with Gasteiger partial charge in [-0.05, 0) is 48.5 Å². The molecule has 4 rings (SSSR count). The van der Waals surface area contributed by atoms with Crippen molar-refractivity contribution < 1.29 is 22.9 Å². The molecule has 1 amide bonds. The quantitative estimate of drug-likeness (QED) is 0.356. The molecule has 0 spiro atoms. The van der Waals surface area contributed by atoms with Gasteiger partial charge in [-0.15, -0.1) is 0 Å². The molecule has 35 heavy (non-hydrogen) atoms. The number of sulfonamides is 1. The lowest BCUT2D eigenvalue weighted by atomic mass is 10.1. The van der Waals surface area contributed by atoms with Gasteiger partial charge in [0.15, 0.2) is 0 Å². The number of nitro benzene ring substituents is 1. The Bertz CT molecular complexity index is 1360. The van der Waals surface area contributed by atoms with E-state index in [4.69, 9.17) is 16.3 Å². The molecule has 1 saturated heterocycles. The number of benzene rings is 3. The summed E-state index contributed by atoms with van der Waals surface area (Å²) in [5.74, 6) is -0.353. The third kappa shape index (κ3) is 5.70. The number of carbonyl (C=O) groups excluding carboxylic acids is 1. The first-order chi connectivity index (χ1) is 16.7. The van der Waals surface area contributed by atoms with E-state index in [0.717, 1.165) is 30.9 Å². The highest BCUT2D eigenvalue weighted by molar-refractivity contribution is 7.92. The normalized spacial score (nSPS) is 13.8. The Hall–Kier alpha value is -3.67. The third-order valence-corrected chi connectivity index (χ3v) is 7.03. The van der Waals surface area contributed by atoms with Crippen LogP contribution in [0.5, 0.6) is 0 Å². The first-order valence-corrected chi connectivity index (χ1v) is 12.4. The molecule has 0 aliphatic carbocycles. The minimum Gasteiger partial charge on any atom is -0.378 e. The Balaban J connectivity index is 1.47. The molecule has 12 heteroatoms. The second kappa shape index (κ2) is 10.3. The van der Waals surface area contributed by atoms with Crippen molar-refractivity contribution in [2.75, 3.05) is 41.2 Å². The van der Waals surface area contributed by atoms with E-state index in [1.54, 1.807) is 0 Å². The van der Waals surface area contributed by atoms with Gasteiger partial charge in [-0.2, -0.15) is 0 Å².